The Bertz CT molecular complexity index is 1740. The van der Waals surface area contributed by atoms with Crippen LogP contribution in [0.15, 0.2) is 78.9 Å². The van der Waals surface area contributed by atoms with E-state index >= 15 is 0 Å². The number of hydrogen-bond donors (Lipinski definition) is 2. The van der Waals surface area contributed by atoms with Crippen molar-refractivity contribution in [3.8, 4) is 22.6 Å². The molecule has 0 radical (unpaired) electrons. The molecule has 2 aliphatic rings. The van der Waals surface area contributed by atoms with Crippen molar-refractivity contribution >= 4 is 34.9 Å². The van der Waals surface area contributed by atoms with Crippen LogP contribution in [0.3, 0.4) is 0 Å². The van der Waals surface area contributed by atoms with E-state index in [1.165, 1.54) is 13.2 Å². The Labute approximate surface area is 265 Å². The molecule has 232 valence electrons. The maximum absolute atomic E-state index is 14.8. The predicted molar refractivity (Wildman–Crippen MR) is 169 cm³/mol. The van der Waals surface area contributed by atoms with Gasteiger partial charge in [-0.05, 0) is 66.4 Å². The summed E-state index contributed by atoms with van der Waals surface area (Å²) in [6.45, 7) is 2.95. The second-order valence-electron chi connectivity index (χ2n) is 11.1. The zero-order valence-electron chi connectivity index (χ0n) is 24.8. The largest absolute Gasteiger partial charge is 0.465 e. The predicted octanol–water partition coefficient (Wildman–Crippen LogP) is 7.35. The number of benzene rings is 4. The van der Waals surface area contributed by atoms with Gasteiger partial charge in [-0.3, -0.25) is 4.79 Å². The Morgan fingerprint density at radius 1 is 1.02 bits per heavy atom. The van der Waals surface area contributed by atoms with Crippen LogP contribution in [0.5, 0.6) is 11.5 Å². The van der Waals surface area contributed by atoms with E-state index in [-0.39, 0.29) is 29.0 Å². The third-order valence-corrected chi connectivity index (χ3v) is 8.12. The van der Waals surface area contributed by atoms with Crippen LogP contribution in [0.1, 0.15) is 41.3 Å². The number of hydrogen-bond acceptors (Lipinski definition) is 7. The van der Waals surface area contributed by atoms with Gasteiger partial charge in [-0.15, -0.1) is 0 Å². The van der Waals surface area contributed by atoms with Crippen molar-refractivity contribution in [1.82, 2.24) is 0 Å². The van der Waals surface area contributed by atoms with Crippen LogP contribution >= 0.6 is 11.6 Å². The molecule has 0 aliphatic carbocycles. The summed E-state index contributed by atoms with van der Waals surface area (Å²) >= 11 is 5.94. The summed E-state index contributed by atoms with van der Waals surface area (Å²) in [7, 11) is 1.33. The summed E-state index contributed by atoms with van der Waals surface area (Å²) in [6, 6.07) is 22.4. The molecule has 0 spiro atoms. The molecule has 45 heavy (non-hydrogen) atoms. The second kappa shape index (κ2) is 12.8. The number of carbonyl (C=O) groups excluding carboxylic acids is 2. The standard InChI is InChI=1S/C35H32ClFN2O6/c1-35(27-14-13-24(36)19-28(27)37)44-31-7-3-6-26(33(31)45-35)22-10-8-21(9-11-22)17-32(40)39-29-15-12-23(34(41)42-2)18-30(29)38-20-25-5-4-16-43-25/h3,6-15,18-19,25,38H,4-5,16-17,20H2,1-2H3,(H,39,40)/t25-,35?/m0/s1. The number of esters is 1. The lowest BCUT2D eigenvalue weighted by Gasteiger charge is -2.24. The number of anilines is 2. The molecule has 1 fully saturated rings. The van der Waals surface area contributed by atoms with E-state index in [4.69, 9.17) is 30.5 Å². The summed E-state index contributed by atoms with van der Waals surface area (Å²) < 4.78 is 37.6. The quantitative estimate of drug-likeness (QED) is 0.187. The lowest BCUT2D eigenvalue weighted by Crippen LogP contribution is -2.32. The number of para-hydroxylation sites is 1. The van der Waals surface area contributed by atoms with Crippen LogP contribution < -0.4 is 20.1 Å². The third kappa shape index (κ3) is 6.60. The molecular weight excluding hydrogens is 599 g/mol. The van der Waals surface area contributed by atoms with Crippen LogP contribution in [0, 0.1) is 5.82 Å². The third-order valence-electron chi connectivity index (χ3n) is 7.89. The van der Waals surface area contributed by atoms with Gasteiger partial charge in [-0.1, -0.05) is 48.0 Å². The Morgan fingerprint density at radius 2 is 1.84 bits per heavy atom. The Balaban J connectivity index is 1.15. The van der Waals surface area contributed by atoms with Gasteiger partial charge in [0.2, 0.25) is 5.91 Å². The Morgan fingerprint density at radius 3 is 2.58 bits per heavy atom. The van der Waals surface area contributed by atoms with E-state index in [0.29, 0.717) is 35.0 Å². The first-order chi connectivity index (χ1) is 21.7. The maximum atomic E-state index is 14.8. The van der Waals surface area contributed by atoms with E-state index < -0.39 is 17.6 Å². The van der Waals surface area contributed by atoms with Crippen LogP contribution in [0.25, 0.3) is 11.1 Å². The summed E-state index contributed by atoms with van der Waals surface area (Å²) in [5.41, 5.74) is 4.20. The fourth-order valence-electron chi connectivity index (χ4n) is 5.58. The van der Waals surface area contributed by atoms with Crippen LogP contribution in [-0.2, 0) is 26.5 Å². The van der Waals surface area contributed by atoms with E-state index in [0.717, 1.165) is 36.1 Å². The van der Waals surface area contributed by atoms with Crippen molar-refractivity contribution in [3.63, 3.8) is 0 Å². The molecule has 8 nitrogen and oxygen atoms in total. The molecule has 1 saturated heterocycles. The van der Waals surface area contributed by atoms with Crippen LogP contribution in [0.4, 0.5) is 15.8 Å². The van der Waals surface area contributed by atoms with Gasteiger partial charge < -0.3 is 29.6 Å². The molecule has 10 heteroatoms. The minimum absolute atomic E-state index is 0.0732. The summed E-state index contributed by atoms with van der Waals surface area (Å²) in [6.07, 6.45) is 2.16. The minimum atomic E-state index is -1.36. The normalized spacial score (nSPS) is 18.4. The van der Waals surface area contributed by atoms with Gasteiger partial charge in [0, 0.05) is 30.7 Å². The fraction of sp³-hybridized carbons (Fsp3) is 0.257. The van der Waals surface area contributed by atoms with Crippen molar-refractivity contribution in [3.05, 3.63) is 106 Å². The zero-order valence-corrected chi connectivity index (χ0v) is 25.6. The number of halogens is 2. The van der Waals surface area contributed by atoms with Gasteiger partial charge >= 0.3 is 5.97 Å². The zero-order chi connectivity index (χ0) is 31.6. The van der Waals surface area contributed by atoms with Crippen molar-refractivity contribution in [2.45, 2.75) is 38.1 Å². The smallest absolute Gasteiger partial charge is 0.337 e. The lowest BCUT2D eigenvalue weighted by molar-refractivity contribution is -0.115. The topological polar surface area (TPSA) is 95.1 Å². The molecule has 4 aromatic rings. The van der Waals surface area contributed by atoms with Crippen molar-refractivity contribution in [1.29, 1.82) is 0 Å². The van der Waals surface area contributed by atoms with Crippen molar-refractivity contribution in [2.75, 3.05) is 30.9 Å². The fourth-order valence-corrected chi connectivity index (χ4v) is 5.74. The summed E-state index contributed by atoms with van der Waals surface area (Å²) in [5, 5.41) is 6.56. The van der Waals surface area contributed by atoms with Crippen LogP contribution in [-0.4, -0.2) is 38.2 Å². The van der Waals surface area contributed by atoms with Gasteiger partial charge in [-0.25, -0.2) is 9.18 Å². The highest BCUT2D eigenvalue weighted by Crippen LogP contribution is 2.49. The average Bonchev–Trinajstić information content (AvgIpc) is 3.68. The molecule has 2 atom stereocenters. The number of carbonyl (C=O) groups is 2. The number of rotatable bonds is 9. The first kappa shape index (κ1) is 30.4. The van der Waals surface area contributed by atoms with Crippen molar-refractivity contribution < 1.29 is 32.9 Å². The number of amides is 1. The molecule has 2 aliphatic heterocycles. The summed E-state index contributed by atoms with van der Waals surface area (Å²) in [5.74, 6) is -1.57. The second-order valence-corrected chi connectivity index (χ2v) is 11.5. The molecule has 0 bridgehead atoms. The molecule has 0 saturated carbocycles. The van der Waals surface area contributed by atoms with Gasteiger partial charge in [-0.2, -0.15) is 0 Å². The SMILES string of the molecule is COC(=O)c1ccc(NC(=O)Cc2ccc(-c3cccc4c3OC(C)(c3ccc(Cl)cc3F)O4)cc2)c(NC[C@@H]2CCCO2)c1. The van der Waals surface area contributed by atoms with Gasteiger partial charge in [0.15, 0.2) is 11.5 Å². The van der Waals surface area contributed by atoms with Gasteiger partial charge in [0.1, 0.15) is 5.82 Å². The van der Waals surface area contributed by atoms with Crippen LogP contribution in [0.2, 0.25) is 5.02 Å². The van der Waals surface area contributed by atoms with Gasteiger partial charge in [0.25, 0.3) is 5.79 Å². The first-order valence-electron chi connectivity index (χ1n) is 14.7. The summed E-state index contributed by atoms with van der Waals surface area (Å²) in [4.78, 5) is 25.2. The first-order valence-corrected chi connectivity index (χ1v) is 15.0. The van der Waals surface area contributed by atoms with Gasteiger partial charge in [0.05, 0.1) is 42.1 Å². The highest BCUT2D eigenvalue weighted by Gasteiger charge is 2.42. The highest BCUT2D eigenvalue weighted by atomic mass is 35.5. The Hall–Kier alpha value is -4.60. The number of fused-ring (bicyclic) bond motifs is 1. The monoisotopic (exact) mass is 630 g/mol. The van der Waals surface area contributed by atoms with E-state index in [9.17, 15) is 14.0 Å². The molecule has 2 N–H and O–H groups in total. The number of nitrogens with one attached hydrogen (secondary N) is 2. The highest BCUT2D eigenvalue weighted by molar-refractivity contribution is 6.30. The lowest BCUT2D eigenvalue weighted by atomic mass is 10.0. The molecule has 4 aromatic carbocycles. The average molecular weight is 631 g/mol. The molecular formula is C35H32ClFN2O6. The van der Waals surface area contributed by atoms with Crippen molar-refractivity contribution in [2.24, 2.45) is 0 Å². The number of methoxy groups -OCH3 is 1. The van der Waals surface area contributed by atoms with E-state index in [1.807, 2.05) is 36.4 Å². The maximum Gasteiger partial charge on any atom is 0.337 e. The molecule has 0 aromatic heterocycles. The minimum Gasteiger partial charge on any atom is -0.465 e. The van der Waals surface area contributed by atoms with E-state index in [2.05, 4.69) is 10.6 Å². The molecule has 1 unspecified atom stereocenters. The molecule has 6 rings (SSSR count). The molecule has 1 amide bonds. The van der Waals surface area contributed by atoms with E-state index in [1.54, 1.807) is 43.3 Å². The number of ether oxygens (including phenoxy) is 4. The Kier molecular flexibility index (Phi) is 8.65. The molecule has 2 heterocycles.